The number of hydrogen-bond acceptors (Lipinski definition) is 3. The zero-order valence-electron chi connectivity index (χ0n) is 10.9. The second kappa shape index (κ2) is 5.29. The van der Waals surface area contributed by atoms with E-state index in [9.17, 15) is 0 Å². The Balaban J connectivity index is 1.81. The Bertz CT molecular complexity index is 413. The highest BCUT2D eigenvalue weighted by atomic mass is 16.5. The molecule has 0 unspecified atom stereocenters. The van der Waals surface area contributed by atoms with Crippen LogP contribution in [0.2, 0.25) is 0 Å². The molecule has 0 aromatic heterocycles. The molecule has 1 fully saturated rings. The van der Waals surface area contributed by atoms with E-state index < -0.39 is 0 Å². The van der Waals surface area contributed by atoms with Gasteiger partial charge in [0, 0.05) is 30.1 Å². The first kappa shape index (κ1) is 12.0. The van der Waals surface area contributed by atoms with E-state index in [0.717, 1.165) is 25.3 Å². The zero-order valence-corrected chi connectivity index (χ0v) is 10.9. The minimum Gasteiger partial charge on any atom is -0.493 e. The van der Waals surface area contributed by atoms with Crippen molar-refractivity contribution in [2.24, 2.45) is 5.73 Å². The number of piperidine rings is 1. The van der Waals surface area contributed by atoms with Crippen LogP contribution >= 0.6 is 0 Å². The lowest BCUT2D eigenvalue weighted by Crippen LogP contribution is -2.30. The van der Waals surface area contributed by atoms with Gasteiger partial charge in [-0.1, -0.05) is 24.6 Å². The molecule has 3 heteroatoms. The number of para-hydroxylation sites is 1. The van der Waals surface area contributed by atoms with Gasteiger partial charge in [-0.3, -0.25) is 4.90 Å². The quantitative estimate of drug-likeness (QED) is 0.871. The maximum absolute atomic E-state index is 6.15. The van der Waals surface area contributed by atoms with Crippen LogP contribution in [0.3, 0.4) is 0 Å². The molecule has 0 amide bonds. The minimum absolute atomic E-state index is 0.148. The summed E-state index contributed by atoms with van der Waals surface area (Å²) >= 11 is 0. The third-order valence-corrected chi connectivity index (χ3v) is 4.04. The molecule has 2 N–H and O–H groups in total. The van der Waals surface area contributed by atoms with Gasteiger partial charge in [-0.25, -0.2) is 0 Å². The van der Waals surface area contributed by atoms with E-state index >= 15 is 0 Å². The predicted molar refractivity (Wildman–Crippen MR) is 72.6 cm³/mol. The average Bonchev–Trinajstić information content (AvgIpc) is 2.41. The molecular formula is C15H22N2O. The maximum atomic E-state index is 6.15. The van der Waals surface area contributed by atoms with Crippen LogP contribution in [-0.4, -0.2) is 24.6 Å². The molecule has 98 valence electrons. The van der Waals surface area contributed by atoms with Crippen molar-refractivity contribution in [3.8, 4) is 5.75 Å². The number of rotatable bonds is 2. The molecule has 1 atom stereocenters. The first-order valence-electron chi connectivity index (χ1n) is 7.07. The SMILES string of the molecule is N[C@H]1CCOc2c(CN3CCCCC3)cccc21. The fourth-order valence-electron chi connectivity index (χ4n) is 3.00. The Hall–Kier alpha value is -1.06. The van der Waals surface area contributed by atoms with E-state index in [1.54, 1.807) is 0 Å². The third-order valence-electron chi connectivity index (χ3n) is 4.04. The van der Waals surface area contributed by atoms with Gasteiger partial charge in [0.2, 0.25) is 0 Å². The van der Waals surface area contributed by atoms with Gasteiger partial charge in [0.05, 0.1) is 6.61 Å². The van der Waals surface area contributed by atoms with Crippen molar-refractivity contribution < 1.29 is 4.74 Å². The van der Waals surface area contributed by atoms with Crippen molar-refractivity contribution in [2.75, 3.05) is 19.7 Å². The molecule has 0 radical (unpaired) electrons. The zero-order chi connectivity index (χ0) is 12.4. The molecule has 2 heterocycles. The Morgan fingerprint density at radius 2 is 2.06 bits per heavy atom. The normalized spacial score (nSPS) is 24.4. The Labute approximate surface area is 109 Å². The van der Waals surface area contributed by atoms with Crippen LogP contribution in [0.5, 0.6) is 5.75 Å². The number of nitrogens with zero attached hydrogens (tertiary/aromatic N) is 1. The van der Waals surface area contributed by atoms with Gasteiger partial charge >= 0.3 is 0 Å². The lowest BCUT2D eigenvalue weighted by molar-refractivity contribution is 0.211. The molecule has 0 spiro atoms. The number of benzene rings is 1. The summed E-state index contributed by atoms with van der Waals surface area (Å²) in [6.07, 6.45) is 4.97. The van der Waals surface area contributed by atoms with Gasteiger partial charge in [-0.05, 0) is 25.9 Å². The van der Waals surface area contributed by atoms with Gasteiger partial charge < -0.3 is 10.5 Å². The van der Waals surface area contributed by atoms with Gasteiger partial charge in [0.15, 0.2) is 0 Å². The van der Waals surface area contributed by atoms with Crippen molar-refractivity contribution in [3.05, 3.63) is 29.3 Å². The lowest BCUT2D eigenvalue weighted by Gasteiger charge is -2.30. The van der Waals surface area contributed by atoms with Crippen molar-refractivity contribution >= 4 is 0 Å². The van der Waals surface area contributed by atoms with Gasteiger partial charge in [-0.2, -0.15) is 0 Å². The standard InChI is InChI=1S/C15H22N2O/c16-14-7-10-18-15-12(5-4-6-13(14)15)11-17-8-2-1-3-9-17/h4-6,14H,1-3,7-11,16H2/t14-/m0/s1. The molecule has 2 aliphatic heterocycles. The molecule has 1 saturated heterocycles. The van der Waals surface area contributed by atoms with Crippen LogP contribution in [0, 0.1) is 0 Å². The largest absolute Gasteiger partial charge is 0.493 e. The van der Waals surface area contributed by atoms with E-state index in [0.29, 0.717) is 0 Å². The summed E-state index contributed by atoms with van der Waals surface area (Å²) in [5, 5.41) is 0. The molecule has 0 saturated carbocycles. The topological polar surface area (TPSA) is 38.5 Å². The predicted octanol–water partition coefficient (Wildman–Crippen LogP) is 2.45. The van der Waals surface area contributed by atoms with Crippen molar-refractivity contribution in [2.45, 2.75) is 38.3 Å². The molecule has 3 nitrogen and oxygen atoms in total. The summed E-state index contributed by atoms with van der Waals surface area (Å²) < 4.78 is 5.86. The van der Waals surface area contributed by atoms with Gasteiger partial charge in [0.1, 0.15) is 5.75 Å². The summed E-state index contributed by atoms with van der Waals surface area (Å²) in [4.78, 5) is 2.53. The summed E-state index contributed by atoms with van der Waals surface area (Å²) in [6, 6.07) is 6.56. The Kier molecular flexibility index (Phi) is 3.52. The van der Waals surface area contributed by atoms with Crippen LogP contribution in [-0.2, 0) is 6.54 Å². The second-order valence-electron chi connectivity index (χ2n) is 5.42. The van der Waals surface area contributed by atoms with Gasteiger partial charge in [0.25, 0.3) is 0 Å². The molecular weight excluding hydrogens is 224 g/mol. The van der Waals surface area contributed by atoms with E-state index in [1.165, 1.54) is 43.5 Å². The first-order chi connectivity index (χ1) is 8.84. The van der Waals surface area contributed by atoms with Crippen LogP contribution in [0.25, 0.3) is 0 Å². The lowest BCUT2D eigenvalue weighted by atomic mass is 9.98. The maximum Gasteiger partial charge on any atom is 0.128 e. The molecule has 0 bridgehead atoms. The number of fused-ring (bicyclic) bond motifs is 1. The van der Waals surface area contributed by atoms with Crippen molar-refractivity contribution in [3.63, 3.8) is 0 Å². The van der Waals surface area contributed by atoms with Crippen molar-refractivity contribution in [1.29, 1.82) is 0 Å². The molecule has 3 rings (SSSR count). The smallest absolute Gasteiger partial charge is 0.128 e. The van der Waals surface area contributed by atoms with E-state index in [-0.39, 0.29) is 6.04 Å². The second-order valence-corrected chi connectivity index (χ2v) is 5.42. The van der Waals surface area contributed by atoms with Gasteiger partial charge in [-0.15, -0.1) is 0 Å². The fourth-order valence-corrected chi connectivity index (χ4v) is 3.00. The molecule has 0 aliphatic carbocycles. The summed E-state index contributed by atoms with van der Waals surface area (Å²) in [7, 11) is 0. The number of likely N-dealkylation sites (tertiary alicyclic amines) is 1. The first-order valence-corrected chi connectivity index (χ1v) is 7.07. The number of ether oxygens (including phenoxy) is 1. The minimum atomic E-state index is 0.148. The molecule has 18 heavy (non-hydrogen) atoms. The highest BCUT2D eigenvalue weighted by Gasteiger charge is 2.21. The average molecular weight is 246 g/mol. The molecule has 2 aliphatic rings. The van der Waals surface area contributed by atoms with Crippen molar-refractivity contribution in [1.82, 2.24) is 4.90 Å². The van der Waals surface area contributed by atoms with Crippen LogP contribution in [0.4, 0.5) is 0 Å². The van der Waals surface area contributed by atoms with Crippen LogP contribution < -0.4 is 10.5 Å². The molecule has 1 aromatic rings. The Morgan fingerprint density at radius 3 is 2.89 bits per heavy atom. The monoisotopic (exact) mass is 246 g/mol. The number of nitrogens with two attached hydrogens (primary N) is 1. The third kappa shape index (κ3) is 2.38. The highest BCUT2D eigenvalue weighted by Crippen LogP contribution is 2.34. The Morgan fingerprint density at radius 1 is 1.22 bits per heavy atom. The fraction of sp³-hybridized carbons (Fsp3) is 0.600. The van der Waals surface area contributed by atoms with Crippen LogP contribution in [0.15, 0.2) is 18.2 Å². The summed E-state index contributed by atoms with van der Waals surface area (Å²) in [5.41, 5.74) is 8.66. The summed E-state index contributed by atoms with van der Waals surface area (Å²) in [6.45, 7) is 4.20. The van der Waals surface area contributed by atoms with E-state index in [2.05, 4.69) is 23.1 Å². The van der Waals surface area contributed by atoms with E-state index in [4.69, 9.17) is 10.5 Å². The summed E-state index contributed by atoms with van der Waals surface area (Å²) in [5.74, 6) is 1.06. The highest BCUT2D eigenvalue weighted by molar-refractivity contribution is 5.44. The van der Waals surface area contributed by atoms with Crippen LogP contribution in [0.1, 0.15) is 42.9 Å². The number of hydrogen-bond donors (Lipinski definition) is 1. The molecule has 1 aromatic carbocycles. The van der Waals surface area contributed by atoms with E-state index in [1.807, 2.05) is 0 Å².